The minimum absolute atomic E-state index is 0.132. The van der Waals surface area contributed by atoms with Gasteiger partial charge in [0.05, 0.1) is 19.3 Å². The summed E-state index contributed by atoms with van der Waals surface area (Å²) >= 11 is 3.54. The lowest BCUT2D eigenvalue weighted by Crippen LogP contribution is -2.33. The molecule has 170 valence electrons. The van der Waals surface area contributed by atoms with Crippen LogP contribution in [0.5, 0.6) is 11.5 Å². The van der Waals surface area contributed by atoms with Crippen molar-refractivity contribution in [3.8, 4) is 11.5 Å². The predicted molar refractivity (Wildman–Crippen MR) is 131 cm³/mol. The molecule has 0 radical (unpaired) electrons. The van der Waals surface area contributed by atoms with Crippen molar-refractivity contribution >= 4 is 27.6 Å². The maximum Gasteiger partial charge on any atom is 0.337 e. The molecule has 1 heterocycles. The van der Waals surface area contributed by atoms with Crippen molar-refractivity contribution < 1.29 is 19.4 Å². The van der Waals surface area contributed by atoms with Crippen LogP contribution in [0.15, 0.2) is 76.2 Å². The number of aliphatic imine (C=N–C) groups is 1. The van der Waals surface area contributed by atoms with E-state index in [0.29, 0.717) is 24.3 Å². The van der Waals surface area contributed by atoms with Crippen LogP contribution in [0.3, 0.4) is 0 Å². The zero-order valence-corrected chi connectivity index (χ0v) is 20.0. The quantitative estimate of drug-likeness (QED) is 0.426. The number of carbonyl (C=O) groups is 1. The van der Waals surface area contributed by atoms with Crippen molar-refractivity contribution in [3.05, 3.63) is 93.5 Å². The molecule has 0 saturated heterocycles. The molecule has 0 aliphatic carbocycles. The standard InChI is InChI=1S/C26H25BrN2O4/c1-3-33-23-9-5-8-20(24(23)30)22-15-21(18-6-4-7-19(27)14-18)28-25(29-22)16-10-12-17(13-11-16)26(31)32-2/h4-14,22,25,29-30H,3,15H2,1-2H3/t22-,25-/m1/s1. The first-order chi connectivity index (χ1) is 16.0. The highest BCUT2D eigenvalue weighted by Crippen LogP contribution is 2.39. The molecular weight excluding hydrogens is 484 g/mol. The number of nitrogens with zero attached hydrogens (tertiary/aromatic N) is 1. The molecular formula is C26H25BrN2O4. The highest BCUT2D eigenvalue weighted by molar-refractivity contribution is 9.10. The van der Waals surface area contributed by atoms with Gasteiger partial charge in [0.15, 0.2) is 11.5 Å². The number of esters is 1. The summed E-state index contributed by atoms with van der Waals surface area (Å²) in [6.07, 6.45) is 0.232. The van der Waals surface area contributed by atoms with Crippen LogP contribution >= 0.6 is 15.9 Å². The molecule has 1 aliphatic rings. The Bertz CT molecular complexity index is 1180. The van der Waals surface area contributed by atoms with Crippen LogP contribution in [0.1, 0.15) is 52.6 Å². The first-order valence-corrected chi connectivity index (χ1v) is 11.5. The van der Waals surface area contributed by atoms with Crippen molar-refractivity contribution in [1.29, 1.82) is 0 Å². The molecule has 0 fully saturated rings. The summed E-state index contributed by atoms with van der Waals surface area (Å²) in [6.45, 7) is 2.35. The van der Waals surface area contributed by atoms with Crippen LogP contribution in [-0.2, 0) is 4.74 Å². The van der Waals surface area contributed by atoms with Crippen molar-refractivity contribution in [2.45, 2.75) is 25.6 Å². The fourth-order valence-corrected chi connectivity index (χ4v) is 4.33. The van der Waals surface area contributed by atoms with Gasteiger partial charge < -0.3 is 14.6 Å². The summed E-state index contributed by atoms with van der Waals surface area (Å²) in [4.78, 5) is 16.8. The Kier molecular flexibility index (Phi) is 7.11. The molecule has 0 amide bonds. The molecule has 7 heteroatoms. The van der Waals surface area contributed by atoms with Crippen LogP contribution in [0.2, 0.25) is 0 Å². The van der Waals surface area contributed by atoms with E-state index >= 15 is 0 Å². The van der Waals surface area contributed by atoms with Gasteiger partial charge in [0, 0.05) is 28.2 Å². The molecule has 3 aromatic carbocycles. The van der Waals surface area contributed by atoms with Crippen molar-refractivity contribution in [3.63, 3.8) is 0 Å². The summed E-state index contributed by atoms with van der Waals surface area (Å²) in [5, 5.41) is 14.4. The van der Waals surface area contributed by atoms with E-state index in [-0.39, 0.29) is 23.9 Å². The average Bonchev–Trinajstić information content (AvgIpc) is 2.85. The molecule has 6 nitrogen and oxygen atoms in total. The van der Waals surface area contributed by atoms with Gasteiger partial charge in [-0.3, -0.25) is 10.3 Å². The summed E-state index contributed by atoms with van der Waals surface area (Å²) in [6, 6.07) is 20.6. The normalized spacial score (nSPS) is 17.8. The van der Waals surface area contributed by atoms with Crippen molar-refractivity contribution in [2.75, 3.05) is 13.7 Å². The third-order valence-electron chi connectivity index (χ3n) is 5.55. The van der Waals surface area contributed by atoms with Crippen LogP contribution in [0, 0.1) is 0 Å². The first-order valence-electron chi connectivity index (χ1n) is 10.7. The highest BCUT2D eigenvalue weighted by atomic mass is 79.9. The van der Waals surface area contributed by atoms with Gasteiger partial charge in [-0.15, -0.1) is 0 Å². The summed E-state index contributed by atoms with van der Waals surface area (Å²) in [5.41, 5.74) is 4.06. The van der Waals surface area contributed by atoms with E-state index in [2.05, 4.69) is 21.2 Å². The lowest BCUT2D eigenvalue weighted by atomic mass is 9.93. The number of methoxy groups -OCH3 is 1. The Labute approximate surface area is 201 Å². The molecule has 2 N–H and O–H groups in total. The largest absolute Gasteiger partial charge is 0.504 e. The second-order valence-corrected chi connectivity index (χ2v) is 8.57. The van der Waals surface area contributed by atoms with E-state index in [1.807, 2.05) is 55.5 Å². The van der Waals surface area contributed by atoms with E-state index in [1.165, 1.54) is 7.11 Å². The topological polar surface area (TPSA) is 80.2 Å². The van der Waals surface area contributed by atoms with Gasteiger partial charge in [-0.1, -0.05) is 52.3 Å². The number of rotatable bonds is 6. The van der Waals surface area contributed by atoms with E-state index in [9.17, 15) is 9.90 Å². The van der Waals surface area contributed by atoms with Gasteiger partial charge in [0.1, 0.15) is 6.17 Å². The zero-order chi connectivity index (χ0) is 23.4. The van der Waals surface area contributed by atoms with Crippen LogP contribution in [0.25, 0.3) is 0 Å². The van der Waals surface area contributed by atoms with Gasteiger partial charge >= 0.3 is 5.97 Å². The summed E-state index contributed by atoms with van der Waals surface area (Å²) in [5.74, 6) is 0.210. The number of hydrogen-bond donors (Lipinski definition) is 2. The summed E-state index contributed by atoms with van der Waals surface area (Å²) in [7, 11) is 1.36. The maximum absolute atomic E-state index is 11.8. The number of para-hydroxylation sites is 1. The Morgan fingerprint density at radius 2 is 1.91 bits per heavy atom. The fourth-order valence-electron chi connectivity index (χ4n) is 3.93. The first kappa shape index (κ1) is 23.0. The highest BCUT2D eigenvalue weighted by Gasteiger charge is 2.28. The maximum atomic E-state index is 11.8. The van der Waals surface area contributed by atoms with Crippen LogP contribution in [-0.4, -0.2) is 30.5 Å². The average molecular weight is 509 g/mol. The Hall–Kier alpha value is -3.16. The lowest BCUT2D eigenvalue weighted by molar-refractivity contribution is 0.0600. The van der Waals surface area contributed by atoms with Crippen LogP contribution in [0.4, 0.5) is 0 Å². The number of aromatic hydroxyl groups is 1. The fraction of sp³-hybridized carbons (Fsp3) is 0.231. The summed E-state index contributed by atoms with van der Waals surface area (Å²) < 4.78 is 11.4. The second-order valence-electron chi connectivity index (χ2n) is 7.65. The Morgan fingerprint density at radius 3 is 2.61 bits per heavy atom. The number of phenolic OH excluding ortho intramolecular Hbond substituents is 1. The predicted octanol–water partition coefficient (Wildman–Crippen LogP) is 5.56. The number of carbonyl (C=O) groups excluding carboxylic acids is 1. The van der Waals surface area contributed by atoms with Gasteiger partial charge in [-0.05, 0) is 48.4 Å². The molecule has 0 unspecified atom stereocenters. The molecule has 4 rings (SSSR count). The lowest BCUT2D eigenvalue weighted by Gasteiger charge is -2.31. The van der Waals surface area contributed by atoms with E-state index in [4.69, 9.17) is 14.5 Å². The van der Waals surface area contributed by atoms with E-state index < -0.39 is 0 Å². The minimum Gasteiger partial charge on any atom is -0.504 e. The van der Waals surface area contributed by atoms with Gasteiger partial charge in [0.25, 0.3) is 0 Å². The molecule has 33 heavy (non-hydrogen) atoms. The Morgan fingerprint density at radius 1 is 1.15 bits per heavy atom. The zero-order valence-electron chi connectivity index (χ0n) is 18.4. The monoisotopic (exact) mass is 508 g/mol. The number of ether oxygens (including phenoxy) is 2. The van der Waals surface area contributed by atoms with Crippen molar-refractivity contribution in [2.24, 2.45) is 4.99 Å². The molecule has 2 atom stereocenters. The number of halogens is 1. The number of benzene rings is 3. The van der Waals surface area contributed by atoms with Gasteiger partial charge in [-0.25, -0.2) is 4.79 Å². The van der Waals surface area contributed by atoms with Crippen LogP contribution < -0.4 is 10.1 Å². The molecule has 3 aromatic rings. The third-order valence-corrected chi connectivity index (χ3v) is 6.05. The third kappa shape index (κ3) is 5.10. The SMILES string of the molecule is CCOc1cccc([C@H]2CC(c3cccc(Br)c3)=N[C@@H](c3ccc(C(=O)OC)cc3)N2)c1O. The van der Waals surface area contributed by atoms with Crippen molar-refractivity contribution in [1.82, 2.24) is 5.32 Å². The van der Waals surface area contributed by atoms with E-state index in [1.54, 1.807) is 18.2 Å². The minimum atomic E-state index is -0.382. The molecule has 0 bridgehead atoms. The molecule has 0 aromatic heterocycles. The van der Waals surface area contributed by atoms with E-state index in [0.717, 1.165) is 26.9 Å². The van der Waals surface area contributed by atoms with Gasteiger partial charge in [-0.2, -0.15) is 0 Å². The van der Waals surface area contributed by atoms with Gasteiger partial charge in [0.2, 0.25) is 0 Å². The number of nitrogens with one attached hydrogen (secondary N) is 1. The second kappa shape index (κ2) is 10.2. The molecule has 0 spiro atoms. The number of hydrogen-bond acceptors (Lipinski definition) is 6. The number of phenols is 1. The molecule has 1 aliphatic heterocycles. The Balaban J connectivity index is 1.73. The smallest absolute Gasteiger partial charge is 0.337 e. The molecule has 0 saturated carbocycles.